The van der Waals surface area contributed by atoms with E-state index in [0.29, 0.717) is 5.11 Å². The second kappa shape index (κ2) is 5.85. The van der Waals surface area contributed by atoms with Crippen LogP contribution in [0.5, 0.6) is 0 Å². The molecule has 0 spiro atoms. The number of hydrogen-bond acceptors (Lipinski definition) is 2. The molecule has 0 aliphatic carbocycles. The van der Waals surface area contributed by atoms with Gasteiger partial charge in [0.1, 0.15) is 0 Å². The zero-order chi connectivity index (χ0) is 11.3. The van der Waals surface area contributed by atoms with Gasteiger partial charge in [-0.2, -0.15) is 0 Å². The van der Waals surface area contributed by atoms with Gasteiger partial charge in [0.05, 0.1) is 0 Å². The van der Waals surface area contributed by atoms with Crippen molar-refractivity contribution in [2.24, 2.45) is 0 Å². The van der Waals surface area contributed by atoms with Crippen LogP contribution < -0.4 is 5.32 Å². The number of nitrogens with one attached hydrogen (secondary N) is 1. The molecule has 0 aromatic heterocycles. The first-order valence-electron chi connectivity index (χ1n) is 5.34. The van der Waals surface area contributed by atoms with E-state index in [1.165, 1.54) is 19.3 Å². The monoisotopic (exact) mass is 226 g/mol. The number of allylic oxidation sites excluding steroid dienone is 1. The summed E-state index contributed by atoms with van der Waals surface area (Å²) in [6.07, 6.45) is 5.16. The minimum Gasteiger partial charge on any atom is -0.349 e. The van der Waals surface area contributed by atoms with Gasteiger partial charge in [-0.25, -0.2) is 0 Å². The van der Waals surface area contributed by atoms with Crippen LogP contribution in [0, 0.1) is 0 Å². The highest BCUT2D eigenvalue weighted by atomic mass is 32.1. The van der Waals surface area contributed by atoms with Crippen molar-refractivity contribution in [1.29, 1.82) is 0 Å². The molecule has 0 saturated carbocycles. The third-order valence-corrected chi connectivity index (χ3v) is 2.65. The van der Waals surface area contributed by atoms with Crippen LogP contribution in [0.25, 0.3) is 0 Å². The Morgan fingerprint density at radius 2 is 1.87 bits per heavy atom. The van der Waals surface area contributed by atoms with E-state index in [0.717, 1.165) is 18.7 Å². The number of likely N-dealkylation sites (tertiary alicyclic amines) is 1. The van der Waals surface area contributed by atoms with E-state index in [4.69, 9.17) is 12.2 Å². The van der Waals surface area contributed by atoms with Gasteiger partial charge in [-0.3, -0.25) is 10.1 Å². The molecule has 0 bridgehead atoms. The molecule has 1 N–H and O–H groups in total. The molecule has 1 saturated heterocycles. The molecule has 4 heteroatoms. The lowest BCUT2D eigenvalue weighted by Crippen LogP contribution is -2.44. The van der Waals surface area contributed by atoms with Crippen molar-refractivity contribution in [3.8, 4) is 0 Å². The smallest absolute Gasteiger partial charge is 0.250 e. The van der Waals surface area contributed by atoms with Gasteiger partial charge in [0.15, 0.2) is 5.11 Å². The molecule has 3 nitrogen and oxygen atoms in total. The van der Waals surface area contributed by atoms with E-state index >= 15 is 0 Å². The molecule has 0 atom stereocenters. The summed E-state index contributed by atoms with van der Waals surface area (Å²) < 4.78 is 0. The van der Waals surface area contributed by atoms with Crippen LogP contribution in [0.15, 0.2) is 11.6 Å². The highest BCUT2D eigenvalue weighted by Crippen LogP contribution is 2.08. The average molecular weight is 226 g/mol. The predicted molar refractivity (Wildman–Crippen MR) is 65.6 cm³/mol. The predicted octanol–water partition coefficient (Wildman–Crippen LogP) is 1.84. The van der Waals surface area contributed by atoms with Crippen LogP contribution >= 0.6 is 12.2 Å². The Hall–Kier alpha value is -0.900. The van der Waals surface area contributed by atoms with Crippen molar-refractivity contribution in [2.75, 3.05) is 13.1 Å². The van der Waals surface area contributed by atoms with E-state index in [9.17, 15) is 4.79 Å². The first-order chi connectivity index (χ1) is 7.09. The van der Waals surface area contributed by atoms with Gasteiger partial charge in [-0.05, 0) is 45.3 Å². The minimum absolute atomic E-state index is 0.120. The largest absolute Gasteiger partial charge is 0.349 e. The van der Waals surface area contributed by atoms with Gasteiger partial charge >= 0.3 is 0 Å². The van der Waals surface area contributed by atoms with E-state index in [2.05, 4.69) is 10.2 Å². The standard InChI is InChI=1S/C11H18N2OS/c1-9(2)8-10(14)12-11(15)13-6-4-3-5-7-13/h8H,3-7H2,1-2H3,(H,12,14,15). The molecule has 15 heavy (non-hydrogen) atoms. The minimum atomic E-state index is -0.120. The maximum atomic E-state index is 11.4. The molecule has 1 amide bonds. The summed E-state index contributed by atoms with van der Waals surface area (Å²) in [5.41, 5.74) is 0.981. The van der Waals surface area contributed by atoms with Crippen molar-refractivity contribution in [1.82, 2.24) is 10.2 Å². The highest BCUT2D eigenvalue weighted by Gasteiger charge is 2.14. The Bertz CT molecular complexity index is 276. The first kappa shape index (κ1) is 12.2. The number of amides is 1. The Kier molecular flexibility index (Phi) is 4.75. The summed E-state index contributed by atoms with van der Waals surface area (Å²) in [6, 6.07) is 0. The summed E-state index contributed by atoms with van der Waals surface area (Å²) in [5, 5.41) is 3.29. The number of hydrogen-bond donors (Lipinski definition) is 1. The maximum absolute atomic E-state index is 11.4. The molecule has 1 heterocycles. The van der Waals surface area contributed by atoms with Crippen LogP contribution in [0.1, 0.15) is 33.1 Å². The lowest BCUT2D eigenvalue weighted by atomic mass is 10.1. The molecule has 0 radical (unpaired) electrons. The number of nitrogens with zero attached hydrogens (tertiary/aromatic N) is 1. The van der Waals surface area contributed by atoms with E-state index in [1.54, 1.807) is 6.08 Å². The third kappa shape index (κ3) is 4.42. The van der Waals surface area contributed by atoms with Crippen LogP contribution in [-0.2, 0) is 4.79 Å². The lowest BCUT2D eigenvalue weighted by molar-refractivity contribution is -0.115. The Morgan fingerprint density at radius 1 is 1.27 bits per heavy atom. The Labute approximate surface area is 96.5 Å². The Balaban J connectivity index is 2.40. The molecular weight excluding hydrogens is 208 g/mol. The van der Waals surface area contributed by atoms with Crippen LogP contribution in [0.3, 0.4) is 0 Å². The van der Waals surface area contributed by atoms with Gasteiger partial charge in [-0.1, -0.05) is 5.57 Å². The van der Waals surface area contributed by atoms with Crippen molar-refractivity contribution >= 4 is 23.2 Å². The summed E-state index contributed by atoms with van der Waals surface area (Å²) in [7, 11) is 0. The summed E-state index contributed by atoms with van der Waals surface area (Å²) >= 11 is 5.17. The maximum Gasteiger partial charge on any atom is 0.250 e. The molecule has 0 unspecified atom stereocenters. The van der Waals surface area contributed by atoms with Gasteiger partial charge in [0.2, 0.25) is 5.91 Å². The van der Waals surface area contributed by atoms with E-state index in [-0.39, 0.29) is 5.91 Å². The zero-order valence-corrected chi connectivity index (χ0v) is 10.2. The average Bonchev–Trinajstić information content (AvgIpc) is 2.17. The van der Waals surface area contributed by atoms with Crippen LogP contribution in [-0.4, -0.2) is 29.0 Å². The third-order valence-electron chi connectivity index (χ3n) is 2.29. The fourth-order valence-corrected chi connectivity index (χ4v) is 1.86. The van der Waals surface area contributed by atoms with Gasteiger partial charge < -0.3 is 4.90 Å². The molecule has 0 aromatic carbocycles. The molecule has 1 aliphatic rings. The highest BCUT2D eigenvalue weighted by molar-refractivity contribution is 7.80. The number of carbonyl (C=O) groups is 1. The van der Waals surface area contributed by atoms with Crippen LogP contribution in [0.4, 0.5) is 0 Å². The fraction of sp³-hybridized carbons (Fsp3) is 0.636. The Morgan fingerprint density at radius 3 is 2.40 bits per heavy atom. The second-order valence-electron chi connectivity index (χ2n) is 4.06. The molecule has 84 valence electrons. The second-order valence-corrected chi connectivity index (χ2v) is 4.45. The number of thiocarbonyl (C=S) groups is 1. The SMILES string of the molecule is CC(C)=CC(=O)NC(=S)N1CCCCC1. The van der Waals surface area contributed by atoms with E-state index in [1.807, 2.05) is 13.8 Å². The van der Waals surface area contributed by atoms with Gasteiger partial charge in [-0.15, -0.1) is 0 Å². The lowest BCUT2D eigenvalue weighted by Gasteiger charge is -2.28. The van der Waals surface area contributed by atoms with Crippen LogP contribution in [0.2, 0.25) is 0 Å². The summed E-state index contributed by atoms with van der Waals surface area (Å²) in [4.78, 5) is 13.5. The quantitative estimate of drug-likeness (QED) is 0.547. The van der Waals surface area contributed by atoms with Crippen molar-refractivity contribution in [3.63, 3.8) is 0 Å². The summed E-state index contributed by atoms with van der Waals surface area (Å²) in [5.74, 6) is -0.120. The number of piperidine rings is 1. The first-order valence-corrected chi connectivity index (χ1v) is 5.75. The number of rotatable bonds is 1. The van der Waals surface area contributed by atoms with Crippen molar-refractivity contribution < 1.29 is 4.79 Å². The fourth-order valence-electron chi connectivity index (χ4n) is 1.58. The molecule has 0 aromatic rings. The topological polar surface area (TPSA) is 32.3 Å². The van der Waals surface area contributed by atoms with Crippen molar-refractivity contribution in [3.05, 3.63) is 11.6 Å². The normalized spacial score (nSPS) is 15.7. The molecule has 1 rings (SSSR count). The van der Waals surface area contributed by atoms with Gasteiger partial charge in [0.25, 0.3) is 0 Å². The van der Waals surface area contributed by atoms with Crippen molar-refractivity contribution in [2.45, 2.75) is 33.1 Å². The molecular formula is C11H18N2OS. The zero-order valence-electron chi connectivity index (χ0n) is 9.38. The van der Waals surface area contributed by atoms with E-state index < -0.39 is 0 Å². The number of carbonyl (C=O) groups excluding carboxylic acids is 1. The van der Waals surface area contributed by atoms with Gasteiger partial charge in [0, 0.05) is 19.2 Å². The summed E-state index contributed by atoms with van der Waals surface area (Å²) in [6.45, 7) is 5.72. The molecule has 1 aliphatic heterocycles. The molecule has 1 fully saturated rings.